The lowest BCUT2D eigenvalue weighted by molar-refractivity contribution is -0.144. The van der Waals surface area contributed by atoms with Crippen LogP contribution in [0.5, 0.6) is 0 Å². The van der Waals surface area contributed by atoms with Crippen molar-refractivity contribution < 1.29 is 19.1 Å². The first-order valence-corrected chi connectivity index (χ1v) is 9.24. The van der Waals surface area contributed by atoms with Crippen LogP contribution < -0.4 is 5.32 Å². The van der Waals surface area contributed by atoms with Crippen LogP contribution in [0.4, 0.5) is 4.79 Å². The number of esters is 1. The minimum atomic E-state index is -0.848. The van der Waals surface area contributed by atoms with E-state index < -0.39 is 23.7 Å². The molecule has 0 aromatic rings. The first kappa shape index (κ1) is 21.4. The Bertz CT molecular complexity index is 412. The molecule has 0 fully saturated rings. The van der Waals surface area contributed by atoms with Gasteiger partial charge in [0.15, 0.2) is 6.61 Å². The second-order valence-electron chi connectivity index (χ2n) is 5.49. The van der Waals surface area contributed by atoms with Crippen molar-refractivity contribution in [1.82, 2.24) is 5.32 Å². The van der Waals surface area contributed by atoms with Crippen LogP contribution in [0.25, 0.3) is 0 Å². The summed E-state index contributed by atoms with van der Waals surface area (Å²) in [5.41, 5.74) is -0.626. The molecule has 0 aromatic carbocycles. The van der Waals surface area contributed by atoms with E-state index in [2.05, 4.69) is 52.4 Å². The summed E-state index contributed by atoms with van der Waals surface area (Å²) in [6.07, 6.45) is 2.31. The molecule has 1 atom stereocenters. The Kier molecular flexibility index (Phi) is 11.5. The molecule has 0 rings (SSSR count). The molecule has 0 heterocycles. The molecular weight excluding hydrogens is 417 g/mol. The van der Waals surface area contributed by atoms with E-state index in [1.807, 2.05) is 0 Å². The molecule has 0 aliphatic heterocycles. The van der Waals surface area contributed by atoms with Crippen LogP contribution in [0.3, 0.4) is 0 Å². The molecular formula is C15H24INO4S. The molecule has 0 radical (unpaired) electrons. The van der Waals surface area contributed by atoms with E-state index in [0.29, 0.717) is 0 Å². The largest absolute Gasteiger partial charge is 0.451 e. The van der Waals surface area contributed by atoms with Gasteiger partial charge in [0.05, 0.1) is 0 Å². The quantitative estimate of drug-likeness (QED) is 0.159. The maximum absolute atomic E-state index is 11.8. The maximum atomic E-state index is 11.8. The summed E-state index contributed by atoms with van der Waals surface area (Å²) in [7, 11) is 0. The molecule has 7 heteroatoms. The van der Waals surface area contributed by atoms with Crippen molar-refractivity contribution in [3.63, 3.8) is 0 Å². The second kappa shape index (κ2) is 11.9. The summed E-state index contributed by atoms with van der Waals surface area (Å²) in [5, 5.41) is 2.43. The monoisotopic (exact) mass is 441 g/mol. The predicted molar refractivity (Wildman–Crippen MR) is 98.5 cm³/mol. The van der Waals surface area contributed by atoms with Gasteiger partial charge >= 0.3 is 12.1 Å². The Morgan fingerprint density at radius 1 is 1.27 bits per heavy atom. The van der Waals surface area contributed by atoms with Crippen molar-refractivity contribution in [3.8, 4) is 11.8 Å². The molecule has 1 unspecified atom stereocenters. The number of carbonyl (C=O) groups excluding carboxylic acids is 2. The summed E-state index contributed by atoms with van der Waals surface area (Å²) in [6.45, 7) is 5.25. The average Bonchev–Trinajstić information content (AvgIpc) is 2.41. The first-order chi connectivity index (χ1) is 10.3. The van der Waals surface area contributed by atoms with Crippen LogP contribution in [-0.4, -0.2) is 40.5 Å². The van der Waals surface area contributed by atoms with E-state index in [0.717, 1.165) is 23.7 Å². The van der Waals surface area contributed by atoms with Gasteiger partial charge in [0.25, 0.3) is 0 Å². The number of halogens is 1. The van der Waals surface area contributed by atoms with Crippen LogP contribution in [-0.2, 0) is 14.3 Å². The van der Waals surface area contributed by atoms with Gasteiger partial charge in [-0.15, -0.1) is 0 Å². The Hall–Kier alpha value is -0.620. The van der Waals surface area contributed by atoms with E-state index in [1.165, 1.54) is 0 Å². The Labute approximate surface area is 151 Å². The van der Waals surface area contributed by atoms with E-state index in [4.69, 9.17) is 9.47 Å². The highest BCUT2D eigenvalue weighted by Gasteiger charge is 2.24. The third-order valence-electron chi connectivity index (χ3n) is 2.26. The summed E-state index contributed by atoms with van der Waals surface area (Å²) in [5.74, 6) is 5.28. The Morgan fingerprint density at radius 3 is 2.50 bits per heavy atom. The van der Waals surface area contributed by atoms with Crippen molar-refractivity contribution >= 4 is 47.3 Å². The normalized spacial score (nSPS) is 11.9. The Morgan fingerprint density at radius 2 is 1.95 bits per heavy atom. The maximum Gasteiger partial charge on any atom is 0.408 e. The fraction of sp³-hybridized carbons (Fsp3) is 0.733. The highest BCUT2D eigenvalue weighted by molar-refractivity contribution is 14.1. The van der Waals surface area contributed by atoms with Gasteiger partial charge in [0, 0.05) is 12.2 Å². The highest BCUT2D eigenvalue weighted by Crippen LogP contribution is 2.07. The average molecular weight is 441 g/mol. The number of alkyl carbamates (subject to hydrolysis) is 1. The fourth-order valence-electron chi connectivity index (χ4n) is 1.28. The molecule has 1 amide bonds. The lowest BCUT2D eigenvalue weighted by Crippen LogP contribution is -2.45. The number of carbonyl (C=O) groups is 2. The van der Waals surface area contributed by atoms with E-state index >= 15 is 0 Å². The summed E-state index contributed by atoms with van der Waals surface area (Å²) < 4.78 is 11.2. The Balaban J connectivity index is 4.12. The SMILES string of the molecule is CC(C)(C)OC(=O)NC(CS)C(=O)OCC#CCCCCI. The van der Waals surface area contributed by atoms with Gasteiger partial charge in [0.2, 0.25) is 0 Å². The van der Waals surface area contributed by atoms with Gasteiger partial charge in [-0.3, -0.25) is 0 Å². The summed E-state index contributed by atoms with van der Waals surface area (Å²) in [6, 6.07) is -0.848. The number of amides is 1. The van der Waals surface area contributed by atoms with Crippen LogP contribution in [0.1, 0.15) is 40.0 Å². The van der Waals surface area contributed by atoms with Crippen LogP contribution in [0, 0.1) is 11.8 Å². The third-order valence-corrected chi connectivity index (χ3v) is 3.38. The van der Waals surface area contributed by atoms with Gasteiger partial charge in [-0.25, -0.2) is 9.59 Å². The molecule has 126 valence electrons. The van der Waals surface area contributed by atoms with Crippen LogP contribution >= 0.6 is 35.2 Å². The van der Waals surface area contributed by atoms with Crippen LogP contribution in [0.15, 0.2) is 0 Å². The second-order valence-corrected chi connectivity index (χ2v) is 6.93. The van der Waals surface area contributed by atoms with Gasteiger partial charge in [-0.05, 0) is 38.0 Å². The number of nitrogens with one attached hydrogen (secondary N) is 1. The number of hydrogen-bond donors (Lipinski definition) is 2. The summed E-state index contributed by atoms with van der Waals surface area (Å²) in [4.78, 5) is 23.4. The smallest absolute Gasteiger partial charge is 0.408 e. The van der Waals surface area contributed by atoms with E-state index in [9.17, 15) is 9.59 Å². The molecule has 0 saturated heterocycles. The zero-order valence-electron chi connectivity index (χ0n) is 13.3. The van der Waals surface area contributed by atoms with Crippen LogP contribution in [0.2, 0.25) is 0 Å². The minimum absolute atomic E-state index is 0.0172. The molecule has 0 aliphatic carbocycles. The van der Waals surface area contributed by atoms with E-state index in [-0.39, 0.29) is 12.4 Å². The van der Waals surface area contributed by atoms with E-state index in [1.54, 1.807) is 20.8 Å². The third kappa shape index (κ3) is 12.0. The number of rotatable bonds is 7. The molecule has 0 aromatic heterocycles. The molecule has 0 aliphatic rings. The molecule has 0 saturated carbocycles. The number of thiol groups is 1. The first-order valence-electron chi connectivity index (χ1n) is 7.09. The number of hydrogen-bond acceptors (Lipinski definition) is 5. The van der Waals surface area contributed by atoms with Crippen molar-refractivity contribution in [1.29, 1.82) is 0 Å². The standard InChI is InChI=1S/C15H24INO4S/c1-15(2,3)21-14(19)17-12(11-22)13(18)20-10-8-6-4-5-7-9-16/h12,22H,4-5,7,9-11H2,1-3H3,(H,17,19). The zero-order valence-corrected chi connectivity index (χ0v) is 16.3. The van der Waals surface area contributed by atoms with Gasteiger partial charge in [-0.2, -0.15) is 12.6 Å². The number of unbranched alkanes of at least 4 members (excludes halogenated alkanes) is 2. The molecule has 0 bridgehead atoms. The lowest BCUT2D eigenvalue weighted by atomic mass is 10.2. The number of alkyl halides is 1. The molecule has 22 heavy (non-hydrogen) atoms. The molecule has 0 spiro atoms. The molecule has 5 nitrogen and oxygen atoms in total. The fourth-order valence-corrected chi connectivity index (χ4v) is 2.06. The zero-order chi connectivity index (χ0) is 17.0. The highest BCUT2D eigenvalue weighted by atomic mass is 127. The van der Waals surface area contributed by atoms with Crippen molar-refractivity contribution in [2.45, 2.75) is 51.7 Å². The van der Waals surface area contributed by atoms with Gasteiger partial charge in [-0.1, -0.05) is 34.4 Å². The van der Waals surface area contributed by atoms with Crippen molar-refractivity contribution in [2.24, 2.45) is 0 Å². The topological polar surface area (TPSA) is 64.6 Å². The lowest BCUT2D eigenvalue weighted by Gasteiger charge is -2.22. The van der Waals surface area contributed by atoms with Crippen molar-refractivity contribution in [2.75, 3.05) is 16.8 Å². The van der Waals surface area contributed by atoms with Crippen molar-refractivity contribution in [3.05, 3.63) is 0 Å². The van der Waals surface area contributed by atoms with Gasteiger partial charge in [0.1, 0.15) is 11.6 Å². The minimum Gasteiger partial charge on any atom is -0.451 e. The van der Waals surface area contributed by atoms with Gasteiger partial charge < -0.3 is 14.8 Å². The number of ether oxygens (including phenoxy) is 2. The summed E-state index contributed by atoms with van der Waals surface area (Å²) >= 11 is 6.36. The molecule has 1 N–H and O–H groups in total. The predicted octanol–water partition coefficient (Wildman–Crippen LogP) is 2.96.